The number of benzene rings is 2. The van der Waals surface area contributed by atoms with Crippen LogP contribution in [-0.2, 0) is 27.4 Å². The summed E-state index contributed by atoms with van der Waals surface area (Å²) in [5.41, 5.74) is 2.74. The Hall–Kier alpha value is -3.68. The van der Waals surface area contributed by atoms with Crippen LogP contribution in [-0.4, -0.2) is 59.3 Å². The minimum Gasteiger partial charge on any atom is -0.497 e. The van der Waals surface area contributed by atoms with Gasteiger partial charge < -0.3 is 9.47 Å². The molecule has 1 spiro atoms. The molecule has 9 heteroatoms. The van der Waals surface area contributed by atoms with Crippen LogP contribution in [0, 0.1) is 0 Å². The molecule has 2 aromatic carbocycles. The van der Waals surface area contributed by atoms with Crippen molar-refractivity contribution < 1.29 is 23.9 Å². The average molecular weight is 479 g/mol. The van der Waals surface area contributed by atoms with Crippen LogP contribution in [0.4, 0.5) is 10.5 Å². The molecule has 0 radical (unpaired) electrons. The zero-order valence-electron chi connectivity index (χ0n) is 20.1. The van der Waals surface area contributed by atoms with Gasteiger partial charge in [-0.2, -0.15) is 14.7 Å². The van der Waals surface area contributed by atoms with E-state index in [0.717, 1.165) is 68.1 Å². The maximum absolute atomic E-state index is 12.6. The van der Waals surface area contributed by atoms with Crippen molar-refractivity contribution in [2.24, 2.45) is 0 Å². The van der Waals surface area contributed by atoms with Crippen molar-refractivity contribution in [3.63, 3.8) is 0 Å². The van der Waals surface area contributed by atoms with Crippen molar-refractivity contribution in [2.75, 3.05) is 31.6 Å². The van der Waals surface area contributed by atoms with Gasteiger partial charge >= 0.3 is 12.2 Å². The van der Waals surface area contributed by atoms with Gasteiger partial charge in [-0.1, -0.05) is 25.1 Å². The first-order valence-corrected chi connectivity index (χ1v) is 11.8. The van der Waals surface area contributed by atoms with Crippen molar-refractivity contribution in [2.45, 2.75) is 44.9 Å². The third-order valence-corrected chi connectivity index (χ3v) is 6.65. The summed E-state index contributed by atoms with van der Waals surface area (Å²) in [6, 6.07) is 16.0. The molecule has 2 fully saturated rings. The summed E-state index contributed by atoms with van der Waals surface area (Å²) in [5.74, 6) is 0.854. The Kier molecular flexibility index (Phi) is 7.48. The van der Waals surface area contributed by atoms with Gasteiger partial charge in [0.25, 0.3) is 0 Å². The van der Waals surface area contributed by atoms with Crippen LogP contribution in [0.5, 0.6) is 5.75 Å². The van der Waals surface area contributed by atoms with Crippen LogP contribution < -0.4 is 9.64 Å². The number of rotatable bonds is 6. The Labute approximate surface area is 204 Å². The fourth-order valence-corrected chi connectivity index (χ4v) is 4.87. The molecule has 0 N–H and O–H groups in total. The molecule has 0 aliphatic carbocycles. The summed E-state index contributed by atoms with van der Waals surface area (Å²) in [4.78, 5) is 33.0. The van der Waals surface area contributed by atoms with E-state index in [9.17, 15) is 4.79 Å². The van der Waals surface area contributed by atoms with Gasteiger partial charge in [0.1, 0.15) is 11.4 Å². The lowest BCUT2D eigenvalue weighted by Gasteiger charge is -2.37. The van der Waals surface area contributed by atoms with Crippen LogP contribution in [0.1, 0.15) is 31.9 Å². The summed E-state index contributed by atoms with van der Waals surface area (Å²) in [6.45, 7) is 6.24. The van der Waals surface area contributed by atoms with Crippen molar-refractivity contribution in [3.8, 4) is 5.75 Å². The number of piperidine rings is 1. The molecule has 0 bridgehead atoms. The molecule has 1 aromatic heterocycles. The van der Waals surface area contributed by atoms with Gasteiger partial charge in [0.15, 0.2) is 0 Å². The Morgan fingerprint density at radius 3 is 2.49 bits per heavy atom. The van der Waals surface area contributed by atoms with E-state index < -0.39 is 0 Å². The van der Waals surface area contributed by atoms with Gasteiger partial charge in [0.05, 0.1) is 24.9 Å². The quantitative estimate of drug-likeness (QED) is 0.531. The highest BCUT2D eigenvalue weighted by atomic mass is 16.6. The highest BCUT2D eigenvalue weighted by Gasteiger charge is 2.47. The molecule has 35 heavy (non-hydrogen) atoms. The van der Waals surface area contributed by atoms with E-state index >= 15 is 0 Å². The SMILES string of the molecule is CCCn1nc(CN2CCC3(CC2)CN(c2ccccc2)C(=O)O3)c2ccc(OC)cc21.O=C=O. The van der Waals surface area contributed by atoms with E-state index in [2.05, 4.69) is 28.6 Å². The Bertz CT molecular complexity index is 1200. The number of methoxy groups -OCH3 is 1. The highest BCUT2D eigenvalue weighted by molar-refractivity contribution is 5.90. The predicted molar refractivity (Wildman–Crippen MR) is 129 cm³/mol. The van der Waals surface area contributed by atoms with Crippen molar-refractivity contribution in [1.29, 1.82) is 0 Å². The highest BCUT2D eigenvalue weighted by Crippen LogP contribution is 2.36. The molecule has 5 rings (SSSR count). The van der Waals surface area contributed by atoms with Crippen LogP contribution in [0.15, 0.2) is 48.5 Å². The molecule has 3 heterocycles. The number of aryl methyl sites for hydroxylation is 1. The van der Waals surface area contributed by atoms with Crippen LogP contribution in [0.25, 0.3) is 10.9 Å². The molecular formula is C26H30N4O5. The zero-order valence-corrected chi connectivity index (χ0v) is 20.1. The molecule has 1 amide bonds. The number of carbonyl (C=O) groups excluding carboxylic acids is 3. The second-order valence-electron chi connectivity index (χ2n) is 8.89. The standard InChI is InChI=1S/C25H30N4O3.CO2/c1-3-13-29-23-16-20(31-2)9-10-21(23)22(26-29)17-27-14-11-25(12-15-27)18-28(24(30)32-25)19-7-5-4-6-8-19;2-1-3/h4-10,16H,3,11-15,17-18H2,1-2H3;. The van der Waals surface area contributed by atoms with Gasteiger partial charge in [-0.25, -0.2) is 4.79 Å². The van der Waals surface area contributed by atoms with Crippen LogP contribution in [0.3, 0.4) is 0 Å². The smallest absolute Gasteiger partial charge is 0.415 e. The van der Waals surface area contributed by atoms with Gasteiger partial charge in [0, 0.05) is 56.2 Å². The molecule has 0 saturated carbocycles. The Morgan fingerprint density at radius 2 is 1.83 bits per heavy atom. The van der Waals surface area contributed by atoms with Gasteiger partial charge in [-0.3, -0.25) is 14.5 Å². The number of amides is 1. The molecule has 9 nitrogen and oxygen atoms in total. The Morgan fingerprint density at radius 1 is 1.11 bits per heavy atom. The number of aromatic nitrogens is 2. The molecule has 0 unspecified atom stereocenters. The topological polar surface area (TPSA) is 94.0 Å². The van der Waals surface area contributed by atoms with E-state index in [-0.39, 0.29) is 17.8 Å². The minimum absolute atomic E-state index is 0.233. The zero-order chi connectivity index (χ0) is 24.8. The largest absolute Gasteiger partial charge is 0.497 e. The molecule has 0 atom stereocenters. The average Bonchev–Trinajstić information content (AvgIpc) is 3.38. The second kappa shape index (κ2) is 10.7. The van der Waals surface area contributed by atoms with Crippen LogP contribution in [0.2, 0.25) is 0 Å². The monoisotopic (exact) mass is 478 g/mol. The molecule has 2 aliphatic rings. The summed E-state index contributed by atoms with van der Waals surface area (Å²) >= 11 is 0. The first kappa shape index (κ1) is 24.4. The Balaban J connectivity index is 0.000000917. The van der Waals surface area contributed by atoms with Gasteiger partial charge in [0.2, 0.25) is 0 Å². The second-order valence-corrected chi connectivity index (χ2v) is 8.89. The fourth-order valence-electron chi connectivity index (χ4n) is 4.87. The molecule has 2 saturated heterocycles. The normalized spacial score (nSPS) is 17.1. The number of para-hydroxylation sites is 1. The maximum Gasteiger partial charge on any atom is 0.415 e. The number of hydrogen-bond acceptors (Lipinski definition) is 7. The summed E-state index contributed by atoms with van der Waals surface area (Å²) < 4.78 is 13.4. The van der Waals surface area contributed by atoms with E-state index in [1.807, 2.05) is 36.4 Å². The lowest BCUT2D eigenvalue weighted by molar-refractivity contribution is -0.191. The lowest BCUT2D eigenvalue weighted by Crippen LogP contribution is -2.46. The number of ether oxygens (including phenoxy) is 2. The van der Waals surface area contributed by atoms with Gasteiger partial charge in [-0.05, 0) is 30.7 Å². The molecule has 2 aliphatic heterocycles. The van der Waals surface area contributed by atoms with Crippen molar-refractivity contribution in [1.82, 2.24) is 14.7 Å². The maximum atomic E-state index is 12.6. The minimum atomic E-state index is -0.388. The van der Waals surface area contributed by atoms with Crippen LogP contribution >= 0.6 is 0 Å². The van der Waals surface area contributed by atoms with E-state index in [1.165, 1.54) is 5.39 Å². The third kappa shape index (κ3) is 5.21. The fraction of sp³-hybridized carbons (Fsp3) is 0.423. The number of carbonyl (C=O) groups is 1. The summed E-state index contributed by atoms with van der Waals surface area (Å²) in [7, 11) is 1.70. The summed E-state index contributed by atoms with van der Waals surface area (Å²) in [6.07, 6.45) is 2.72. The molecule has 3 aromatic rings. The third-order valence-electron chi connectivity index (χ3n) is 6.65. The first-order valence-electron chi connectivity index (χ1n) is 11.8. The molecule has 184 valence electrons. The predicted octanol–water partition coefficient (Wildman–Crippen LogP) is 3.86. The number of nitrogens with zero attached hydrogens (tertiary/aromatic N) is 4. The number of hydrogen-bond donors (Lipinski definition) is 0. The van der Waals surface area contributed by atoms with E-state index in [4.69, 9.17) is 24.2 Å². The van der Waals surface area contributed by atoms with Crippen molar-refractivity contribution in [3.05, 3.63) is 54.2 Å². The summed E-state index contributed by atoms with van der Waals surface area (Å²) in [5, 5.41) is 6.11. The number of fused-ring (bicyclic) bond motifs is 1. The molecular weight excluding hydrogens is 448 g/mol. The van der Waals surface area contributed by atoms with E-state index in [0.29, 0.717) is 6.54 Å². The van der Waals surface area contributed by atoms with E-state index in [1.54, 1.807) is 12.0 Å². The number of anilines is 1. The van der Waals surface area contributed by atoms with Crippen molar-refractivity contribution >= 4 is 28.8 Å². The number of likely N-dealkylation sites (tertiary alicyclic amines) is 1. The first-order chi connectivity index (χ1) is 17.0. The van der Waals surface area contributed by atoms with Gasteiger partial charge in [-0.15, -0.1) is 0 Å². The lowest BCUT2D eigenvalue weighted by atomic mass is 9.91.